The van der Waals surface area contributed by atoms with E-state index in [1.807, 2.05) is 12.1 Å². The molecule has 0 heterocycles. The third kappa shape index (κ3) is 4.93. The van der Waals surface area contributed by atoms with E-state index in [1.165, 1.54) is 12.2 Å². The average molecular weight is 267 g/mol. The summed E-state index contributed by atoms with van der Waals surface area (Å²) in [6.45, 7) is 3.83. The first-order valence-corrected chi connectivity index (χ1v) is 5.53. The highest BCUT2D eigenvalue weighted by Crippen LogP contribution is 2.09. The smallest absolute Gasteiger partial charge is 0.159 e. The van der Waals surface area contributed by atoms with E-state index in [0.29, 0.717) is 17.9 Å². The van der Waals surface area contributed by atoms with Crippen molar-refractivity contribution in [3.8, 4) is 0 Å². The fourth-order valence-corrected chi connectivity index (χ4v) is 1.26. The molecule has 0 radical (unpaired) electrons. The molecule has 0 bridgehead atoms. The molecule has 94 valence electrons. The first-order chi connectivity index (χ1) is 8.65. The number of hydrogen-bond donors (Lipinski definition) is 1. The van der Waals surface area contributed by atoms with Gasteiger partial charge in [-0.1, -0.05) is 40.0 Å². The predicted molar refractivity (Wildman–Crippen MR) is 71.2 cm³/mol. The molecule has 0 fully saturated rings. The van der Waals surface area contributed by atoms with Crippen LogP contribution in [0.4, 0.5) is 4.48 Å². The molecule has 0 aliphatic rings. The van der Waals surface area contributed by atoms with Crippen LogP contribution in [0.15, 0.2) is 53.8 Å². The monoisotopic (exact) mass is 266 g/mol. The Kier molecular flexibility index (Phi) is 5.80. The standard InChI is InChI=1S/C13H12ClFN2O/c1-10(9-18)2-7-13(17-15)16-8-11-3-5-12(14)6-4-11/h2-7,9H,1,8H2,(H,16,17)/b7-2-. The molecule has 1 rings (SSSR count). The van der Waals surface area contributed by atoms with Gasteiger partial charge in [0.1, 0.15) is 6.29 Å². The normalized spacial score (nSPS) is 11.6. The van der Waals surface area contributed by atoms with Crippen LogP contribution in [-0.4, -0.2) is 12.1 Å². The molecule has 0 amide bonds. The summed E-state index contributed by atoms with van der Waals surface area (Å²) in [5.41, 5.74) is 1.17. The van der Waals surface area contributed by atoms with Crippen LogP contribution in [0.2, 0.25) is 5.02 Å². The van der Waals surface area contributed by atoms with Gasteiger partial charge >= 0.3 is 0 Å². The third-order valence-electron chi connectivity index (χ3n) is 2.08. The largest absolute Gasteiger partial charge is 0.364 e. The van der Waals surface area contributed by atoms with E-state index in [1.54, 1.807) is 12.1 Å². The van der Waals surface area contributed by atoms with Crippen LogP contribution in [0.1, 0.15) is 5.56 Å². The van der Waals surface area contributed by atoms with Crippen molar-refractivity contribution in [3.63, 3.8) is 0 Å². The highest BCUT2D eigenvalue weighted by atomic mass is 35.5. The summed E-state index contributed by atoms with van der Waals surface area (Å²) in [4.78, 5) is 10.3. The maximum atomic E-state index is 12.3. The highest BCUT2D eigenvalue weighted by molar-refractivity contribution is 6.30. The van der Waals surface area contributed by atoms with Gasteiger partial charge in [-0.05, 0) is 29.8 Å². The summed E-state index contributed by atoms with van der Waals surface area (Å²) in [6.07, 6.45) is 3.29. The number of allylic oxidation sites excluding steroid dienone is 2. The van der Waals surface area contributed by atoms with Gasteiger partial charge in [0.25, 0.3) is 0 Å². The Hall–Kier alpha value is -1.94. The van der Waals surface area contributed by atoms with E-state index in [-0.39, 0.29) is 11.4 Å². The van der Waals surface area contributed by atoms with Gasteiger partial charge < -0.3 is 5.32 Å². The molecule has 18 heavy (non-hydrogen) atoms. The van der Waals surface area contributed by atoms with Gasteiger partial charge in [0, 0.05) is 17.1 Å². The van der Waals surface area contributed by atoms with Gasteiger partial charge in [0.05, 0.1) is 0 Å². The molecule has 5 heteroatoms. The average Bonchev–Trinajstić information content (AvgIpc) is 2.40. The van der Waals surface area contributed by atoms with Crippen molar-refractivity contribution in [2.24, 2.45) is 5.21 Å². The number of amidine groups is 1. The molecular weight excluding hydrogens is 255 g/mol. The number of nitrogens with one attached hydrogen (secondary N) is 1. The molecule has 0 aliphatic carbocycles. The minimum Gasteiger partial charge on any atom is -0.364 e. The van der Waals surface area contributed by atoms with Gasteiger partial charge in [-0.3, -0.25) is 4.79 Å². The Labute approximate surface area is 110 Å². The summed E-state index contributed by atoms with van der Waals surface area (Å²) < 4.78 is 12.3. The van der Waals surface area contributed by atoms with E-state index < -0.39 is 0 Å². The van der Waals surface area contributed by atoms with Crippen LogP contribution >= 0.6 is 11.6 Å². The van der Waals surface area contributed by atoms with Gasteiger partial charge in [0.2, 0.25) is 0 Å². The number of carbonyl (C=O) groups is 1. The van der Waals surface area contributed by atoms with Crippen LogP contribution in [-0.2, 0) is 11.3 Å². The lowest BCUT2D eigenvalue weighted by atomic mass is 10.2. The minimum atomic E-state index is 0.0212. The first-order valence-electron chi connectivity index (χ1n) is 5.15. The maximum Gasteiger partial charge on any atom is 0.159 e. The van der Waals surface area contributed by atoms with Crippen molar-refractivity contribution in [2.75, 3.05) is 0 Å². The van der Waals surface area contributed by atoms with Crippen LogP contribution in [0.5, 0.6) is 0 Å². The molecule has 1 N–H and O–H groups in total. The lowest BCUT2D eigenvalue weighted by Crippen LogP contribution is -2.20. The van der Waals surface area contributed by atoms with E-state index in [9.17, 15) is 9.28 Å². The SMILES string of the molecule is C=C(C=O)/C=C\C(=N/F)NCc1ccc(Cl)cc1. The van der Waals surface area contributed by atoms with Crippen LogP contribution < -0.4 is 5.32 Å². The molecule has 0 spiro atoms. The molecule has 0 saturated heterocycles. The van der Waals surface area contributed by atoms with Gasteiger partial charge in [-0.25, -0.2) is 0 Å². The number of rotatable bonds is 5. The second-order valence-corrected chi connectivity index (χ2v) is 3.91. The third-order valence-corrected chi connectivity index (χ3v) is 2.34. The van der Waals surface area contributed by atoms with Crippen molar-refractivity contribution < 1.29 is 9.28 Å². The Bertz CT molecular complexity index is 480. The van der Waals surface area contributed by atoms with E-state index in [4.69, 9.17) is 11.6 Å². The molecule has 0 atom stereocenters. The van der Waals surface area contributed by atoms with Crippen LogP contribution in [0.25, 0.3) is 0 Å². The maximum absolute atomic E-state index is 12.3. The summed E-state index contributed by atoms with van der Waals surface area (Å²) >= 11 is 5.74. The Morgan fingerprint density at radius 3 is 2.61 bits per heavy atom. The summed E-state index contributed by atoms with van der Waals surface area (Å²) in [7, 11) is 0. The van der Waals surface area contributed by atoms with Crippen molar-refractivity contribution in [2.45, 2.75) is 6.54 Å². The second kappa shape index (κ2) is 7.40. The Balaban J connectivity index is 2.55. The quantitative estimate of drug-likeness (QED) is 0.293. The number of halogens is 2. The molecule has 1 aromatic rings. The molecule has 0 saturated carbocycles. The zero-order chi connectivity index (χ0) is 13.4. The van der Waals surface area contributed by atoms with Crippen molar-refractivity contribution in [1.29, 1.82) is 0 Å². The van der Waals surface area contributed by atoms with Gasteiger partial charge in [-0.15, -0.1) is 0 Å². The van der Waals surface area contributed by atoms with Crippen molar-refractivity contribution >= 4 is 23.7 Å². The lowest BCUT2D eigenvalue weighted by Gasteiger charge is -2.04. The zero-order valence-corrected chi connectivity index (χ0v) is 10.3. The van der Waals surface area contributed by atoms with Crippen LogP contribution in [0.3, 0.4) is 0 Å². The lowest BCUT2D eigenvalue weighted by molar-refractivity contribution is -0.104. The first kappa shape index (κ1) is 14.1. The molecule has 0 aromatic heterocycles. The van der Waals surface area contributed by atoms with E-state index >= 15 is 0 Å². The van der Waals surface area contributed by atoms with Crippen LogP contribution in [0, 0.1) is 0 Å². The highest BCUT2D eigenvalue weighted by Gasteiger charge is 1.97. The summed E-state index contributed by atoms with van der Waals surface area (Å²) in [6, 6.07) is 7.13. The fourth-order valence-electron chi connectivity index (χ4n) is 1.14. The summed E-state index contributed by atoms with van der Waals surface area (Å²) in [5, 5.41) is 5.97. The number of benzene rings is 1. The van der Waals surface area contributed by atoms with Crippen molar-refractivity contribution in [1.82, 2.24) is 5.32 Å². The Morgan fingerprint density at radius 2 is 2.06 bits per heavy atom. The van der Waals surface area contributed by atoms with E-state index in [0.717, 1.165) is 5.56 Å². The van der Waals surface area contributed by atoms with Gasteiger partial charge in [-0.2, -0.15) is 0 Å². The molecule has 3 nitrogen and oxygen atoms in total. The number of nitrogens with zero attached hydrogens (tertiary/aromatic N) is 1. The summed E-state index contributed by atoms with van der Waals surface area (Å²) in [5.74, 6) is 0.0212. The molecular formula is C13H12ClFN2O. The van der Waals surface area contributed by atoms with Gasteiger partial charge in [0.15, 0.2) is 5.84 Å². The number of hydrogen-bond acceptors (Lipinski definition) is 2. The minimum absolute atomic E-state index is 0.0212. The Morgan fingerprint density at radius 1 is 1.39 bits per heavy atom. The van der Waals surface area contributed by atoms with Crippen molar-refractivity contribution in [3.05, 3.63) is 59.2 Å². The van der Waals surface area contributed by atoms with E-state index in [2.05, 4.69) is 17.1 Å². The topological polar surface area (TPSA) is 41.5 Å². The number of carbonyl (C=O) groups excluding carboxylic acids is 1. The zero-order valence-electron chi connectivity index (χ0n) is 9.57. The fraction of sp³-hybridized carbons (Fsp3) is 0.0769. The predicted octanol–water partition coefficient (Wildman–Crippen LogP) is 3.02. The molecule has 0 aliphatic heterocycles. The molecule has 1 aromatic carbocycles. The number of aldehydes is 1. The molecule has 0 unspecified atom stereocenters. The second-order valence-electron chi connectivity index (χ2n) is 3.48.